The van der Waals surface area contributed by atoms with E-state index in [1.165, 1.54) is 24.1 Å². The molecule has 1 fully saturated rings. The highest BCUT2D eigenvalue weighted by molar-refractivity contribution is 5.94. The van der Waals surface area contributed by atoms with E-state index in [0.717, 1.165) is 44.2 Å². The molecule has 2 aliphatic rings. The Labute approximate surface area is 170 Å². The number of carbonyl (C=O) groups excluding carboxylic acids is 1. The predicted molar refractivity (Wildman–Crippen MR) is 111 cm³/mol. The van der Waals surface area contributed by atoms with Gasteiger partial charge in [-0.3, -0.25) is 14.2 Å². The highest BCUT2D eigenvalue weighted by Gasteiger charge is 2.27. The third kappa shape index (κ3) is 3.71. The molecule has 6 nitrogen and oxygen atoms in total. The highest BCUT2D eigenvalue weighted by atomic mass is 16.1. The Morgan fingerprint density at radius 2 is 1.86 bits per heavy atom. The Morgan fingerprint density at radius 3 is 2.69 bits per heavy atom. The first-order valence-corrected chi connectivity index (χ1v) is 10.7. The van der Waals surface area contributed by atoms with Crippen molar-refractivity contribution in [2.45, 2.75) is 63.6 Å². The van der Waals surface area contributed by atoms with Crippen LogP contribution in [0.25, 0.3) is 0 Å². The van der Waals surface area contributed by atoms with E-state index in [2.05, 4.69) is 44.5 Å². The summed E-state index contributed by atoms with van der Waals surface area (Å²) in [7, 11) is 0. The summed E-state index contributed by atoms with van der Waals surface area (Å²) in [5, 5.41) is 12.3. The van der Waals surface area contributed by atoms with Crippen LogP contribution in [-0.2, 0) is 13.0 Å². The van der Waals surface area contributed by atoms with Gasteiger partial charge in [0.15, 0.2) is 0 Å². The number of hydrogen-bond acceptors (Lipinski definition) is 3. The van der Waals surface area contributed by atoms with Crippen molar-refractivity contribution in [2.75, 3.05) is 0 Å². The summed E-state index contributed by atoms with van der Waals surface area (Å²) < 4.78 is 4.06. The van der Waals surface area contributed by atoms with Crippen molar-refractivity contribution in [3.05, 3.63) is 71.3 Å². The Balaban J connectivity index is 1.30. The molecule has 150 valence electrons. The van der Waals surface area contributed by atoms with Crippen LogP contribution in [0.2, 0.25) is 0 Å². The standard InChI is InChI=1S/C23H27N5O/c29-23(18-13-24-27(16-18)19-9-4-5-10-19)26-21-11-6-12-22-20(21)14-25-28(22)15-17-7-2-1-3-8-17/h1-3,7-8,13-14,16,19,21H,4-6,9-12,15H2,(H,26,29). The molecule has 6 heteroatoms. The zero-order chi connectivity index (χ0) is 19.6. The highest BCUT2D eigenvalue weighted by Crippen LogP contribution is 2.31. The largest absolute Gasteiger partial charge is 0.345 e. The molecule has 5 rings (SSSR count). The van der Waals surface area contributed by atoms with Crippen LogP contribution in [0.5, 0.6) is 0 Å². The van der Waals surface area contributed by atoms with E-state index in [-0.39, 0.29) is 11.9 Å². The number of nitrogens with zero attached hydrogens (tertiary/aromatic N) is 4. The Kier molecular flexibility index (Phi) is 4.92. The van der Waals surface area contributed by atoms with Crippen LogP contribution < -0.4 is 5.32 Å². The average molecular weight is 390 g/mol. The van der Waals surface area contributed by atoms with E-state index < -0.39 is 0 Å². The van der Waals surface area contributed by atoms with Gasteiger partial charge in [-0.05, 0) is 37.7 Å². The average Bonchev–Trinajstić information content (AvgIpc) is 3.50. The van der Waals surface area contributed by atoms with E-state index >= 15 is 0 Å². The van der Waals surface area contributed by atoms with Crippen LogP contribution in [-0.4, -0.2) is 25.5 Å². The van der Waals surface area contributed by atoms with E-state index in [9.17, 15) is 4.79 Å². The fourth-order valence-corrected chi connectivity index (χ4v) is 4.73. The minimum atomic E-state index is -0.0390. The van der Waals surface area contributed by atoms with E-state index in [1.54, 1.807) is 6.20 Å². The van der Waals surface area contributed by atoms with Crippen molar-refractivity contribution < 1.29 is 4.79 Å². The van der Waals surface area contributed by atoms with Crippen molar-refractivity contribution >= 4 is 5.91 Å². The number of amides is 1. The summed E-state index contributed by atoms with van der Waals surface area (Å²) >= 11 is 0. The maximum absolute atomic E-state index is 12.9. The molecule has 1 N–H and O–H groups in total. The molecule has 0 radical (unpaired) electrons. The normalized spacial score (nSPS) is 19.2. The second-order valence-electron chi connectivity index (χ2n) is 8.26. The third-order valence-electron chi connectivity index (χ3n) is 6.31. The fraction of sp³-hybridized carbons (Fsp3) is 0.435. The zero-order valence-corrected chi connectivity index (χ0v) is 16.6. The molecule has 29 heavy (non-hydrogen) atoms. The maximum Gasteiger partial charge on any atom is 0.254 e. The summed E-state index contributed by atoms with van der Waals surface area (Å²) in [6, 6.07) is 10.9. The van der Waals surface area contributed by atoms with Gasteiger partial charge in [0.1, 0.15) is 0 Å². The Morgan fingerprint density at radius 1 is 1.03 bits per heavy atom. The van der Waals surface area contributed by atoms with Crippen molar-refractivity contribution in [3.63, 3.8) is 0 Å². The lowest BCUT2D eigenvalue weighted by atomic mass is 9.92. The first-order valence-electron chi connectivity index (χ1n) is 10.7. The van der Waals surface area contributed by atoms with Crippen LogP contribution >= 0.6 is 0 Å². The predicted octanol–water partition coefficient (Wildman–Crippen LogP) is 4.05. The molecular formula is C23H27N5O. The maximum atomic E-state index is 12.9. The monoisotopic (exact) mass is 389 g/mol. The minimum absolute atomic E-state index is 0.0191. The SMILES string of the molecule is O=C(NC1CCCc2c1cnn2Cc1ccccc1)c1cnn(C2CCCC2)c1. The van der Waals surface area contributed by atoms with Gasteiger partial charge in [0, 0.05) is 17.5 Å². The number of rotatable bonds is 5. The summed E-state index contributed by atoms with van der Waals surface area (Å²) in [4.78, 5) is 12.9. The molecule has 1 unspecified atom stereocenters. The first-order chi connectivity index (χ1) is 14.3. The molecule has 0 saturated heterocycles. The summed E-state index contributed by atoms with van der Waals surface area (Å²) in [5.41, 5.74) is 4.29. The third-order valence-corrected chi connectivity index (χ3v) is 6.31. The van der Waals surface area contributed by atoms with E-state index in [0.29, 0.717) is 11.6 Å². The van der Waals surface area contributed by atoms with Crippen molar-refractivity contribution in [1.82, 2.24) is 24.9 Å². The van der Waals surface area contributed by atoms with Gasteiger partial charge >= 0.3 is 0 Å². The lowest BCUT2D eigenvalue weighted by molar-refractivity contribution is 0.0932. The number of hydrogen-bond donors (Lipinski definition) is 1. The van der Waals surface area contributed by atoms with Crippen molar-refractivity contribution in [3.8, 4) is 0 Å². The molecule has 0 spiro atoms. The number of benzene rings is 1. The molecule has 2 aliphatic carbocycles. The van der Waals surface area contributed by atoms with Crippen LogP contribution in [0, 0.1) is 0 Å². The van der Waals surface area contributed by atoms with Gasteiger partial charge in [-0.15, -0.1) is 0 Å². The molecule has 1 atom stereocenters. The molecule has 1 saturated carbocycles. The summed E-state index contributed by atoms with van der Waals surface area (Å²) in [5.74, 6) is -0.0390. The number of carbonyl (C=O) groups is 1. The van der Waals surface area contributed by atoms with Gasteiger partial charge in [-0.2, -0.15) is 10.2 Å². The molecule has 2 heterocycles. The summed E-state index contributed by atoms with van der Waals surface area (Å²) in [6.45, 7) is 0.769. The first kappa shape index (κ1) is 18.2. The molecule has 1 aromatic carbocycles. The van der Waals surface area contributed by atoms with E-state index in [1.807, 2.05) is 23.1 Å². The Bertz CT molecular complexity index is 984. The molecule has 0 bridgehead atoms. The smallest absolute Gasteiger partial charge is 0.254 e. The lowest BCUT2D eigenvalue weighted by Gasteiger charge is -2.24. The zero-order valence-electron chi connectivity index (χ0n) is 16.6. The van der Waals surface area contributed by atoms with Crippen LogP contribution in [0.15, 0.2) is 48.9 Å². The van der Waals surface area contributed by atoms with Crippen molar-refractivity contribution in [1.29, 1.82) is 0 Å². The fourth-order valence-electron chi connectivity index (χ4n) is 4.73. The molecule has 0 aliphatic heterocycles. The quantitative estimate of drug-likeness (QED) is 0.716. The second-order valence-corrected chi connectivity index (χ2v) is 8.26. The number of fused-ring (bicyclic) bond motifs is 1. The molecular weight excluding hydrogens is 362 g/mol. The Hall–Kier alpha value is -2.89. The molecule has 2 aromatic heterocycles. The van der Waals surface area contributed by atoms with Crippen LogP contribution in [0.1, 0.15) is 77.8 Å². The van der Waals surface area contributed by atoms with Gasteiger partial charge in [-0.25, -0.2) is 0 Å². The lowest BCUT2D eigenvalue weighted by Crippen LogP contribution is -2.31. The number of nitrogens with one attached hydrogen (secondary N) is 1. The van der Waals surface area contributed by atoms with Crippen molar-refractivity contribution in [2.24, 2.45) is 0 Å². The van der Waals surface area contributed by atoms with Gasteiger partial charge in [-0.1, -0.05) is 43.2 Å². The number of aromatic nitrogens is 4. The van der Waals surface area contributed by atoms with Crippen LogP contribution in [0.4, 0.5) is 0 Å². The van der Waals surface area contributed by atoms with E-state index in [4.69, 9.17) is 0 Å². The van der Waals surface area contributed by atoms with Gasteiger partial charge in [0.05, 0.1) is 36.6 Å². The second kappa shape index (κ2) is 7.85. The minimum Gasteiger partial charge on any atom is -0.345 e. The molecule has 1 amide bonds. The van der Waals surface area contributed by atoms with Gasteiger partial charge in [0.2, 0.25) is 0 Å². The summed E-state index contributed by atoms with van der Waals surface area (Å²) in [6.07, 6.45) is 13.4. The van der Waals surface area contributed by atoms with Gasteiger partial charge in [0.25, 0.3) is 5.91 Å². The van der Waals surface area contributed by atoms with Gasteiger partial charge < -0.3 is 5.32 Å². The molecule has 3 aromatic rings. The topological polar surface area (TPSA) is 64.7 Å². The van der Waals surface area contributed by atoms with Crippen LogP contribution in [0.3, 0.4) is 0 Å².